The van der Waals surface area contributed by atoms with Gasteiger partial charge in [-0.2, -0.15) is 5.06 Å². The molecule has 4 nitrogen and oxygen atoms in total. The number of hydroxylamine groups is 2. The van der Waals surface area contributed by atoms with E-state index in [0.717, 1.165) is 11.5 Å². The van der Waals surface area contributed by atoms with E-state index in [1.807, 2.05) is 0 Å². The second-order valence-electron chi connectivity index (χ2n) is 2.57. The molecule has 0 spiro atoms. The zero-order valence-corrected chi connectivity index (χ0v) is 7.84. The molecular weight excluding hydrogens is 182 g/mol. The first-order chi connectivity index (χ1) is 5.25. The quantitative estimate of drug-likeness (QED) is 0.663. The van der Waals surface area contributed by atoms with Gasteiger partial charge >= 0.3 is 5.97 Å². The van der Waals surface area contributed by atoms with Crippen LogP contribution in [0.4, 0.5) is 0 Å². The van der Waals surface area contributed by atoms with Crippen molar-refractivity contribution in [3.8, 4) is 0 Å². The summed E-state index contributed by atoms with van der Waals surface area (Å²) in [5.74, 6) is -0.312. The van der Waals surface area contributed by atoms with Gasteiger partial charge in [0.15, 0.2) is 0 Å². The smallest absolute Gasteiger partial charge is 0.325 e. The predicted molar refractivity (Wildman–Crippen MR) is 45.4 cm³/mol. The molecule has 1 N–H and O–H groups in total. The fourth-order valence-corrected chi connectivity index (χ4v) is 1.23. The maximum atomic E-state index is 11.0. The monoisotopic (exact) mass is 195 g/mol. The van der Waals surface area contributed by atoms with Gasteiger partial charge in [0, 0.05) is 6.54 Å². The number of halogens is 1. The van der Waals surface area contributed by atoms with E-state index in [2.05, 4.69) is 0 Å². The molecule has 1 heterocycles. The molecule has 1 aliphatic rings. The summed E-state index contributed by atoms with van der Waals surface area (Å²) in [5, 5.41) is 10.2. The average molecular weight is 196 g/mol. The molecule has 0 aromatic heterocycles. The number of carbonyl (C=O) groups excluding carboxylic acids is 1. The summed E-state index contributed by atoms with van der Waals surface area (Å²) in [6, 6.07) is -0.421. The van der Waals surface area contributed by atoms with Crippen molar-refractivity contribution in [2.75, 3.05) is 13.2 Å². The Balaban J connectivity index is 0.00000121. The summed E-state index contributed by atoms with van der Waals surface area (Å²) < 4.78 is 4.76. The van der Waals surface area contributed by atoms with Crippen molar-refractivity contribution in [1.29, 1.82) is 0 Å². The number of hydrogen-bond acceptors (Lipinski definition) is 4. The topological polar surface area (TPSA) is 49.8 Å². The minimum Gasteiger partial charge on any atom is -0.465 e. The van der Waals surface area contributed by atoms with Crippen molar-refractivity contribution in [3.63, 3.8) is 0 Å². The predicted octanol–water partition coefficient (Wildman–Crippen LogP) is 0.825. The van der Waals surface area contributed by atoms with Crippen LogP contribution >= 0.6 is 12.4 Å². The Hall–Kier alpha value is -0.320. The van der Waals surface area contributed by atoms with E-state index >= 15 is 0 Å². The molecule has 12 heavy (non-hydrogen) atoms. The summed E-state index contributed by atoms with van der Waals surface area (Å²) in [6.45, 7) is 2.71. The first-order valence-electron chi connectivity index (χ1n) is 3.88. The van der Waals surface area contributed by atoms with Gasteiger partial charge < -0.3 is 9.94 Å². The summed E-state index contributed by atoms with van der Waals surface area (Å²) >= 11 is 0. The molecular formula is C7H14ClNO3. The van der Waals surface area contributed by atoms with Gasteiger partial charge in [-0.25, -0.2) is 0 Å². The summed E-state index contributed by atoms with van der Waals surface area (Å²) in [6.07, 6.45) is 1.56. The molecule has 0 aromatic carbocycles. The van der Waals surface area contributed by atoms with Crippen LogP contribution in [-0.4, -0.2) is 35.4 Å². The van der Waals surface area contributed by atoms with Gasteiger partial charge in [0.2, 0.25) is 0 Å². The maximum Gasteiger partial charge on any atom is 0.325 e. The Morgan fingerprint density at radius 3 is 2.83 bits per heavy atom. The third-order valence-corrected chi connectivity index (χ3v) is 1.78. The van der Waals surface area contributed by atoms with Crippen LogP contribution in [-0.2, 0) is 9.53 Å². The Morgan fingerprint density at radius 2 is 2.42 bits per heavy atom. The van der Waals surface area contributed by atoms with Crippen molar-refractivity contribution in [1.82, 2.24) is 5.06 Å². The van der Waals surface area contributed by atoms with E-state index in [1.165, 1.54) is 0 Å². The Labute approximate surface area is 77.9 Å². The molecule has 1 unspecified atom stereocenters. The van der Waals surface area contributed by atoms with Crippen LogP contribution in [0.1, 0.15) is 19.8 Å². The fraction of sp³-hybridized carbons (Fsp3) is 0.857. The minimum atomic E-state index is -0.421. The highest BCUT2D eigenvalue weighted by atomic mass is 35.5. The Bertz CT molecular complexity index is 154. The number of esters is 1. The van der Waals surface area contributed by atoms with Crippen LogP contribution in [0.25, 0.3) is 0 Å². The van der Waals surface area contributed by atoms with Crippen molar-refractivity contribution >= 4 is 18.4 Å². The van der Waals surface area contributed by atoms with Crippen LogP contribution < -0.4 is 0 Å². The van der Waals surface area contributed by atoms with Gasteiger partial charge in [-0.3, -0.25) is 4.79 Å². The second kappa shape index (κ2) is 5.35. The molecule has 0 saturated carbocycles. The van der Waals surface area contributed by atoms with E-state index in [1.54, 1.807) is 6.92 Å². The molecule has 0 radical (unpaired) electrons. The van der Waals surface area contributed by atoms with Crippen LogP contribution in [0.15, 0.2) is 0 Å². The molecule has 1 saturated heterocycles. The lowest BCUT2D eigenvalue weighted by atomic mass is 10.2. The van der Waals surface area contributed by atoms with Crippen molar-refractivity contribution in [2.45, 2.75) is 25.8 Å². The molecule has 0 amide bonds. The molecule has 1 rings (SSSR count). The Kier molecular flexibility index (Phi) is 5.20. The third kappa shape index (κ3) is 2.62. The van der Waals surface area contributed by atoms with Gasteiger partial charge in [0.25, 0.3) is 0 Å². The Morgan fingerprint density at radius 1 is 1.75 bits per heavy atom. The second-order valence-corrected chi connectivity index (χ2v) is 2.57. The number of carbonyl (C=O) groups is 1. The number of rotatable bonds is 2. The van der Waals surface area contributed by atoms with Crippen LogP contribution in [0.3, 0.4) is 0 Å². The maximum absolute atomic E-state index is 11.0. The molecule has 5 heteroatoms. The SMILES string of the molecule is CCOC(=O)C1CCCN1O.Cl. The van der Waals surface area contributed by atoms with Crippen molar-refractivity contribution < 1.29 is 14.7 Å². The lowest BCUT2D eigenvalue weighted by molar-refractivity contribution is -0.166. The van der Waals surface area contributed by atoms with Crippen LogP contribution in [0.2, 0.25) is 0 Å². The fourth-order valence-electron chi connectivity index (χ4n) is 1.23. The average Bonchev–Trinajstić information content (AvgIpc) is 2.36. The molecule has 72 valence electrons. The highest BCUT2D eigenvalue weighted by Gasteiger charge is 2.30. The van der Waals surface area contributed by atoms with Gasteiger partial charge in [-0.1, -0.05) is 0 Å². The van der Waals surface area contributed by atoms with E-state index < -0.39 is 6.04 Å². The van der Waals surface area contributed by atoms with Gasteiger partial charge in [0.1, 0.15) is 6.04 Å². The molecule has 0 bridgehead atoms. The normalized spacial score (nSPS) is 23.3. The first kappa shape index (κ1) is 11.7. The van der Waals surface area contributed by atoms with Gasteiger partial charge in [-0.05, 0) is 19.8 Å². The van der Waals surface area contributed by atoms with Crippen LogP contribution in [0, 0.1) is 0 Å². The number of ether oxygens (including phenoxy) is 1. The zero-order valence-electron chi connectivity index (χ0n) is 7.02. The van der Waals surface area contributed by atoms with E-state index in [9.17, 15) is 4.79 Å². The number of nitrogens with zero attached hydrogens (tertiary/aromatic N) is 1. The van der Waals surface area contributed by atoms with E-state index in [0.29, 0.717) is 19.6 Å². The summed E-state index contributed by atoms with van der Waals surface area (Å²) in [5.41, 5.74) is 0. The molecule has 0 aliphatic carbocycles. The van der Waals surface area contributed by atoms with Gasteiger partial charge in [-0.15, -0.1) is 12.4 Å². The summed E-state index contributed by atoms with van der Waals surface area (Å²) in [4.78, 5) is 11.0. The van der Waals surface area contributed by atoms with Crippen molar-refractivity contribution in [3.05, 3.63) is 0 Å². The lowest BCUT2D eigenvalue weighted by Gasteiger charge is -2.14. The molecule has 1 aliphatic heterocycles. The highest BCUT2D eigenvalue weighted by Crippen LogP contribution is 2.15. The zero-order chi connectivity index (χ0) is 8.27. The van der Waals surface area contributed by atoms with Crippen LogP contribution in [0.5, 0.6) is 0 Å². The molecule has 0 aromatic rings. The third-order valence-electron chi connectivity index (χ3n) is 1.78. The van der Waals surface area contributed by atoms with Gasteiger partial charge in [0.05, 0.1) is 6.61 Å². The van der Waals surface area contributed by atoms with E-state index in [-0.39, 0.29) is 18.4 Å². The molecule has 1 atom stereocenters. The first-order valence-corrected chi connectivity index (χ1v) is 3.88. The highest BCUT2D eigenvalue weighted by molar-refractivity contribution is 5.85. The minimum absolute atomic E-state index is 0. The standard InChI is InChI=1S/C7H13NO3.ClH/c1-2-11-7(9)6-4-3-5-8(6)10;/h6,10H,2-5H2,1H3;1H. The van der Waals surface area contributed by atoms with Crippen molar-refractivity contribution in [2.24, 2.45) is 0 Å². The molecule has 1 fully saturated rings. The summed E-state index contributed by atoms with van der Waals surface area (Å²) in [7, 11) is 0. The number of hydrogen-bond donors (Lipinski definition) is 1. The lowest BCUT2D eigenvalue weighted by Crippen LogP contribution is -2.34. The largest absolute Gasteiger partial charge is 0.465 e. The van der Waals surface area contributed by atoms with E-state index in [4.69, 9.17) is 9.94 Å².